The zero-order chi connectivity index (χ0) is 14.7. The summed E-state index contributed by atoms with van der Waals surface area (Å²) in [6.07, 6.45) is 1.11. The van der Waals surface area contributed by atoms with Crippen LogP contribution in [0.1, 0.15) is 26.9 Å². The van der Waals surface area contributed by atoms with Gasteiger partial charge in [0.05, 0.1) is 4.58 Å². The second-order valence-electron chi connectivity index (χ2n) is 5.66. The summed E-state index contributed by atoms with van der Waals surface area (Å²) in [6.45, 7) is 2.77. The van der Waals surface area contributed by atoms with E-state index >= 15 is 0 Å². The smallest absolute Gasteiger partial charge is 0.253 e. The molecule has 1 atom stereocenters. The molecule has 0 aliphatic carbocycles. The van der Waals surface area contributed by atoms with E-state index in [4.69, 9.17) is 0 Å². The number of hydrogen-bond donors (Lipinski definition) is 1. The second kappa shape index (κ2) is 7.07. The predicted octanol–water partition coefficient (Wildman–Crippen LogP) is 2.85. The molecule has 3 nitrogen and oxygen atoms in total. The number of rotatable bonds is 4. The molecule has 3 rings (SSSR count). The SMILES string of the molecule is CNCC1CCN(C(=O)c2ccc(C3SCCS3)cc2)C1. The highest BCUT2D eigenvalue weighted by molar-refractivity contribution is 8.19. The van der Waals surface area contributed by atoms with Gasteiger partial charge >= 0.3 is 0 Å². The lowest BCUT2D eigenvalue weighted by molar-refractivity contribution is 0.0787. The highest BCUT2D eigenvalue weighted by atomic mass is 32.2. The van der Waals surface area contributed by atoms with Gasteiger partial charge in [0.2, 0.25) is 0 Å². The molecule has 2 heterocycles. The van der Waals surface area contributed by atoms with E-state index in [-0.39, 0.29) is 5.91 Å². The van der Waals surface area contributed by atoms with Crippen LogP contribution in [0.25, 0.3) is 0 Å². The Balaban J connectivity index is 1.62. The quantitative estimate of drug-likeness (QED) is 0.924. The zero-order valence-electron chi connectivity index (χ0n) is 12.4. The number of nitrogens with zero attached hydrogens (tertiary/aromatic N) is 1. The van der Waals surface area contributed by atoms with Gasteiger partial charge in [-0.1, -0.05) is 12.1 Å². The third-order valence-electron chi connectivity index (χ3n) is 4.12. The summed E-state index contributed by atoms with van der Waals surface area (Å²) in [5.41, 5.74) is 2.17. The zero-order valence-corrected chi connectivity index (χ0v) is 14.0. The minimum Gasteiger partial charge on any atom is -0.338 e. The second-order valence-corrected chi connectivity index (χ2v) is 8.38. The van der Waals surface area contributed by atoms with Gasteiger partial charge in [0.1, 0.15) is 0 Å². The summed E-state index contributed by atoms with van der Waals surface area (Å²) in [4.78, 5) is 14.5. The molecule has 1 aromatic carbocycles. The van der Waals surface area contributed by atoms with Gasteiger partial charge in [0, 0.05) is 30.2 Å². The first-order chi connectivity index (χ1) is 10.3. The van der Waals surface area contributed by atoms with E-state index in [2.05, 4.69) is 17.4 Å². The average molecular weight is 322 g/mol. The Kier molecular flexibility index (Phi) is 5.14. The minimum atomic E-state index is 0.187. The standard InChI is InChI=1S/C16H22N2OS2/c1-17-10-12-6-7-18(11-12)15(19)13-2-4-14(5-3-13)16-20-8-9-21-16/h2-5,12,16-17H,6-11H2,1H3. The number of nitrogens with one attached hydrogen (secondary N) is 1. The number of benzene rings is 1. The molecule has 2 aliphatic rings. The maximum Gasteiger partial charge on any atom is 0.253 e. The summed E-state index contributed by atoms with van der Waals surface area (Å²) in [7, 11) is 1.97. The molecule has 2 aliphatic heterocycles. The predicted molar refractivity (Wildman–Crippen MR) is 92.0 cm³/mol. The lowest BCUT2D eigenvalue weighted by Gasteiger charge is -2.17. The number of hydrogen-bond acceptors (Lipinski definition) is 4. The van der Waals surface area contributed by atoms with Crippen molar-refractivity contribution in [3.63, 3.8) is 0 Å². The Labute approximate surface area is 135 Å². The van der Waals surface area contributed by atoms with Crippen LogP contribution in [0.3, 0.4) is 0 Å². The van der Waals surface area contributed by atoms with E-state index in [0.29, 0.717) is 10.5 Å². The number of carbonyl (C=O) groups excluding carboxylic acids is 1. The third kappa shape index (κ3) is 3.58. The van der Waals surface area contributed by atoms with Crippen LogP contribution in [0.4, 0.5) is 0 Å². The molecule has 2 fully saturated rings. The van der Waals surface area contributed by atoms with E-state index < -0.39 is 0 Å². The van der Waals surface area contributed by atoms with E-state index in [0.717, 1.165) is 31.6 Å². The molecule has 0 bridgehead atoms. The topological polar surface area (TPSA) is 32.3 Å². The molecule has 1 N–H and O–H groups in total. The van der Waals surface area contributed by atoms with Crippen LogP contribution >= 0.6 is 23.5 Å². The van der Waals surface area contributed by atoms with Crippen molar-refractivity contribution in [1.82, 2.24) is 10.2 Å². The fraction of sp³-hybridized carbons (Fsp3) is 0.562. The molecule has 1 aromatic rings. The Morgan fingerprint density at radius 3 is 2.67 bits per heavy atom. The number of amides is 1. The molecule has 1 amide bonds. The van der Waals surface area contributed by atoms with Crippen molar-refractivity contribution in [3.8, 4) is 0 Å². The van der Waals surface area contributed by atoms with Gasteiger partial charge in [-0.25, -0.2) is 0 Å². The highest BCUT2D eigenvalue weighted by Gasteiger charge is 2.26. The van der Waals surface area contributed by atoms with Gasteiger partial charge in [0.25, 0.3) is 5.91 Å². The molecule has 114 valence electrons. The first kappa shape index (κ1) is 15.3. The Bertz CT molecular complexity index is 486. The number of carbonyl (C=O) groups is 1. The van der Waals surface area contributed by atoms with Crippen molar-refractivity contribution >= 4 is 29.4 Å². The fourth-order valence-electron chi connectivity index (χ4n) is 2.99. The van der Waals surface area contributed by atoms with Crippen LogP contribution in [0, 0.1) is 5.92 Å². The van der Waals surface area contributed by atoms with Gasteiger partial charge < -0.3 is 10.2 Å². The summed E-state index contributed by atoms with van der Waals surface area (Å²) in [5, 5.41) is 3.20. The highest BCUT2D eigenvalue weighted by Crippen LogP contribution is 2.45. The van der Waals surface area contributed by atoms with Crippen molar-refractivity contribution in [3.05, 3.63) is 35.4 Å². The van der Waals surface area contributed by atoms with Crippen molar-refractivity contribution in [2.75, 3.05) is 38.2 Å². The molecule has 21 heavy (non-hydrogen) atoms. The molecule has 2 saturated heterocycles. The van der Waals surface area contributed by atoms with Crippen LogP contribution in [-0.4, -0.2) is 49.0 Å². The van der Waals surface area contributed by atoms with E-state index in [1.807, 2.05) is 47.6 Å². The largest absolute Gasteiger partial charge is 0.338 e. The van der Waals surface area contributed by atoms with Crippen molar-refractivity contribution in [1.29, 1.82) is 0 Å². The number of likely N-dealkylation sites (tertiary alicyclic amines) is 1. The van der Waals surface area contributed by atoms with Gasteiger partial charge in [-0.05, 0) is 43.6 Å². The Morgan fingerprint density at radius 2 is 2.00 bits per heavy atom. The van der Waals surface area contributed by atoms with Crippen molar-refractivity contribution < 1.29 is 4.79 Å². The lowest BCUT2D eigenvalue weighted by Crippen LogP contribution is -2.30. The lowest BCUT2D eigenvalue weighted by atomic mass is 10.1. The van der Waals surface area contributed by atoms with Crippen LogP contribution in [-0.2, 0) is 0 Å². The summed E-state index contributed by atoms with van der Waals surface area (Å²) in [6, 6.07) is 8.26. The molecule has 0 aromatic heterocycles. The van der Waals surface area contributed by atoms with Gasteiger partial charge in [0.15, 0.2) is 0 Å². The number of thioether (sulfide) groups is 2. The normalized spacial score (nSPS) is 22.9. The third-order valence-corrected chi connectivity index (χ3v) is 7.22. The van der Waals surface area contributed by atoms with Crippen LogP contribution in [0.5, 0.6) is 0 Å². The summed E-state index contributed by atoms with van der Waals surface area (Å²) in [5.74, 6) is 3.25. The van der Waals surface area contributed by atoms with E-state index in [9.17, 15) is 4.79 Å². The van der Waals surface area contributed by atoms with Crippen LogP contribution < -0.4 is 5.32 Å². The van der Waals surface area contributed by atoms with Crippen molar-refractivity contribution in [2.45, 2.75) is 11.0 Å². The maximum absolute atomic E-state index is 12.5. The molecular weight excluding hydrogens is 300 g/mol. The Hall–Kier alpha value is -0.650. The first-order valence-corrected chi connectivity index (χ1v) is 9.64. The molecule has 0 spiro atoms. The van der Waals surface area contributed by atoms with Gasteiger partial charge in [-0.15, -0.1) is 23.5 Å². The average Bonchev–Trinajstić information content (AvgIpc) is 3.19. The van der Waals surface area contributed by atoms with Crippen LogP contribution in [0.2, 0.25) is 0 Å². The monoisotopic (exact) mass is 322 g/mol. The molecular formula is C16H22N2OS2. The summed E-state index contributed by atoms with van der Waals surface area (Å²) >= 11 is 4.00. The summed E-state index contributed by atoms with van der Waals surface area (Å²) < 4.78 is 0.556. The molecule has 0 radical (unpaired) electrons. The van der Waals surface area contributed by atoms with Crippen LogP contribution in [0.15, 0.2) is 24.3 Å². The fourth-order valence-corrected chi connectivity index (χ4v) is 5.85. The first-order valence-electron chi connectivity index (χ1n) is 7.55. The van der Waals surface area contributed by atoms with E-state index in [1.165, 1.54) is 17.1 Å². The minimum absolute atomic E-state index is 0.187. The molecule has 1 unspecified atom stereocenters. The van der Waals surface area contributed by atoms with Gasteiger partial charge in [-0.2, -0.15) is 0 Å². The Morgan fingerprint density at radius 1 is 1.29 bits per heavy atom. The van der Waals surface area contributed by atoms with Crippen molar-refractivity contribution in [2.24, 2.45) is 5.92 Å². The van der Waals surface area contributed by atoms with E-state index in [1.54, 1.807) is 0 Å². The van der Waals surface area contributed by atoms with Gasteiger partial charge in [-0.3, -0.25) is 4.79 Å². The molecule has 0 saturated carbocycles. The molecule has 5 heteroatoms. The maximum atomic E-state index is 12.5.